The molecule has 0 fully saturated rings. The monoisotopic (exact) mass is 266 g/mol. The van der Waals surface area contributed by atoms with Crippen LogP contribution in [0.5, 0.6) is 0 Å². The number of anilines is 1. The highest BCUT2D eigenvalue weighted by Gasteiger charge is 2.05. The number of rotatable bonds is 1. The minimum absolute atomic E-state index is 0.265. The van der Waals surface area contributed by atoms with Gasteiger partial charge in [0.2, 0.25) is 0 Å². The summed E-state index contributed by atoms with van der Waals surface area (Å²) in [5.74, 6) is 0.177. The van der Waals surface area contributed by atoms with E-state index >= 15 is 0 Å². The molecule has 0 aliphatic heterocycles. The molecule has 1 heterocycles. The first-order chi connectivity index (χ1) is 7.16. The van der Waals surface area contributed by atoms with Crippen molar-refractivity contribution in [3.8, 4) is 11.3 Å². The van der Waals surface area contributed by atoms with Crippen LogP contribution in [0.3, 0.4) is 0 Å². The molecule has 2 N–H and O–H groups in total. The summed E-state index contributed by atoms with van der Waals surface area (Å²) < 4.78 is 13.6. The SMILES string of the molecule is Nc1ccc(Br)c(-c2ccc(F)cc2)n1. The molecule has 4 heteroatoms. The van der Waals surface area contributed by atoms with Gasteiger partial charge in [-0.2, -0.15) is 0 Å². The first kappa shape index (κ1) is 10.1. The summed E-state index contributed by atoms with van der Waals surface area (Å²) in [5.41, 5.74) is 7.14. The van der Waals surface area contributed by atoms with Crippen molar-refractivity contribution >= 4 is 21.7 Å². The van der Waals surface area contributed by atoms with E-state index in [1.165, 1.54) is 12.1 Å². The molecule has 1 aromatic heterocycles. The molecular weight excluding hydrogens is 259 g/mol. The van der Waals surface area contributed by atoms with E-state index in [9.17, 15) is 4.39 Å². The Morgan fingerprint density at radius 2 is 1.73 bits per heavy atom. The predicted molar refractivity (Wildman–Crippen MR) is 61.7 cm³/mol. The molecule has 2 nitrogen and oxygen atoms in total. The Morgan fingerprint density at radius 3 is 2.40 bits per heavy atom. The third kappa shape index (κ3) is 2.15. The lowest BCUT2D eigenvalue weighted by atomic mass is 10.1. The maximum atomic E-state index is 12.7. The molecule has 0 saturated heterocycles. The zero-order chi connectivity index (χ0) is 10.8. The van der Waals surface area contributed by atoms with E-state index in [0.717, 1.165) is 15.7 Å². The minimum Gasteiger partial charge on any atom is -0.384 e. The summed E-state index contributed by atoms with van der Waals surface area (Å²) in [4.78, 5) is 4.18. The van der Waals surface area contributed by atoms with Crippen LogP contribution in [0.15, 0.2) is 40.9 Å². The highest BCUT2D eigenvalue weighted by atomic mass is 79.9. The van der Waals surface area contributed by atoms with Crippen molar-refractivity contribution in [2.24, 2.45) is 0 Å². The Labute approximate surface area is 95.1 Å². The quantitative estimate of drug-likeness (QED) is 0.861. The van der Waals surface area contributed by atoms with E-state index in [2.05, 4.69) is 20.9 Å². The van der Waals surface area contributed by atoms with Crippen LogP contribution in [0.2, 0.25) is 0 Å². The number of aromatic nitrogens is 1. The molecule has 0 bridgehead atoms. The first-order valence-corrected chi connectivity index (χ1v) is 5.14. The Balaban J connectivity index is 2.53. The molecule has 0 atom stereocenters. The third-order valence-corrected chi connectivity index (χ3v) is 2.63. The second-order valence-electron chi connectivity index (χ2n) is 3.07. The van der Waals surface area contributed by atoms with Gasteiger partial charge in [-0.3, -0.25) is 0 Å². The fourth-order valence-corrected chi connectivity index (χ4v) is 1.72. The number of nitrogen functional groups attached to an aromatic ring is 1. The summed E-state index contributed by atoms with van der Waals surface area (Å²) in [6.45, 7) is 0. The number of nitrogens with zero attached hydrogens (tertiary/aromatic N) is 1. The molecular formula is C11H8BrFN2. The van der Waals surface area contributed by atoms with E-state index in [4.69, 9.17) is 5.73 Å². The average molecular weight is 267 g/mol. The van der Waals surface area contributed by atoms with Crippen LogP contribution < -0.4 is 5.73 Å². The van der Waals surface area contributed by atoms with Crippen LogP contribution in [0, 0.1) is 5.82 Å². The molecule has 0 unspecified atom stereocenters. The molecule has 15 heavy (non-hydrogen) atoms. The van der Waals surface area contributed by atoms with Crippen LogP contribution in [0.1, 0.15) is 0 Å². The number of hydrogen-bond acceptors (Lipinski definition) is 2. The first-order valence-electron chi connectivity index (χ1n) is 4.35. The number of benzene rings is 1. The number of hydrogen-bond donors (Lipinski definition) is 1. The van der Waals surface area contributed by atoms with Crippen molar-refractivity contribution < 1.29 is 4.39 Å². The molecule has 0 spiro atoms. The molecule has 0 saturated carbocycles. The van der Waals surface area contributed by atoms with E-state index in [0.29, 0.717) is 5.82 Å². The standard InChI is InChI=1S/C11H8BrFN2/c12-9-5-6-10(14)15-11(9)7-1-3-8(13)4-2-7/h1-6H,(H2,14,15). The Hall–Kier alpha value is -1.42. The molecule has 2 rings (SSSR count). The van der Waals surface area contributed by atoms with Gasteiger partial charge in [-0.05, 0) is 52.3 Å². The van der Waals surface area contributed by atoms with E-state index in [1.54, 1.807) is 18.2 Å². The van der Waals surface area contributed by atoms with Gasteiger partial charge in [-0.1, -0.05) is 0 Å². The van der Waals surface area contributed by atoms with Gasteiger partial charge in [0.05, 0.1) is 5.69 Å². The molecule has 0 aliphatic carbocycles. The normalized spacial score (nSPS) is 10.3. The lowest BCUT2D eigenvalue weighted by Gasteiger charge is -2.04. The van der Waals surface area contributed by atoms with Crippen molar-refractivity contribution in [3.63, 3.8) is 0 Å². The molecule has 0 radical (unpaired) electrons. The van der Waals surface area contributed by atoms with Gasteiger partial charge >= 0.3 is 0 Å². The zero-order valence-electron chi connectivity index (χ0n) is 7.74. The average Bonchev–Trinajstić information content (AvgIpc) is 2.23. The number of halogens is 2. The van der Waals surface area contributed by atoms with Gasteiger partial charge in [0.15, 0.2) is 0 Å². The molecule has 0 aliphatic rings. The maximum absolute atomic E-state index is 12.7. The molecule has 76 valence electrons. The smallest absolute Gasteiger partial charge is 0.124 e. The van der Waals surface area contributed by atoms with Crippen LogP contribution >= 0.6 is 15.9 Å². The molecule has 2 aromatic rings. The van der Waals surface area contributed by atoms with Gasteiger partial charge in [0, 0.05) is 10.0 Å². The van der Waals surface area contributed by atoms with Crippen LogP contribution in [0.25, 0.3) is 11.3 Å². The van der Waals surface area contributed by atoms with Gasteiger partial charge in [-0.25, -0.2) is 9.37 Å². The highest BCUT2D eigenvalue weighted by Crippen LogP contribution is 2.27. The lowest BCUT2D eigenvalue weighted by molar-refractivity contribution is 0.628. The van der Waals surface area contributed by atoms with Crippen LogP contribution in [-0.2, 0) is 0 Å². The fourth-order valence-electron chi connectivity index (χ4n) is 1.27. The molecule has 0 amide bonds. The predicted octanol–water partition coefficient (Wildman–Crippen LogP) is 3.23. The van der Waals surface area contributed by atoms with E-state index in [-0.39, 0.29) is 5.82 Å². The van der Waals surface area contributed by atoms with E-state index in [1.807, 2.05) is 6.07 Å². The largest absolute Gasteiger partial charge is 0.384 e. The summed E-state index contributed by atoms with van der Waals surface area (Å²) in [6, 6.07) is 9.65. The lowest BCUT2D eigenvalue weighted by Crippen LogP contribution is -1.92. The van der Waals surface area contributed by atoms with Crippen molar-refractivity contribution in [1.29, 1.82) is 0 Å². The van der Waals surface area contributed by atoms with Gasteiger partial charge < -0.3 is 5.73 Å². The van der Waals surface area contributed by atoms with Crippen molar-refractivity contribution in [2.45, 2.75) is 0 Å². The topological polar surface area (TPSA) is 38.9 Å². The van der Waals surface area contributed by atoms with Crippen LogP contribution in [-0.4, -0.2) is 4.98 Å². The van der Waals surface area contributed by atoms with Crippen LogP contribution in [0.4, 0.5) is 10.2 Å². The number of pyridine rings is 1. The summed E-state index contributed by atoms with van der Waals surface area (Å²) in [6.07, 6.45) is 0. The van der Waals surface area contributed by atoms with Gasteiger partial charge in [0.1, 0.15) is 11.6 Å². The Kier molecular flexibility index (Phi) is 2.68. The van der Waals surface area contributed by atoms with Crippen molar-refractivity contribution in [1.82, 2.24) is 4.98 Å². The maximum Gasteiger partial charge on any atom is 0.124 e. The zero-order valence-corrected chi connectivity index (χ0v) is 9.33. The fraction of sp³-hybridized carbons (Fsp3) is 0. The van der Waals surface area contributed by atoms with Gasteiger partial charge in [-0.15, -0.1) is 0 Å². The van der Waals surface area contributed by atoms with Crippen molar-refractivity contribution in [2.75, 3.05) is 5.73 Å². The minimum atomic E-state index is -0.265. The Bertz CT molecular complexity index is 482. The number of nitrogens with two attached hydrogens (primary N) is 1. The van der Waals surface area contributed by atoms with Gasteiger partial charge in [0.25, 0.3) is 0 Å². The summed E-state index contributed by atoms with van der Waals surface area (Å²) in [7, 11) is 0. The highest BCUT2D eigenvalue weighted by molar-refractivity contribution is 9.10. The van der Waals surface area contributed by atoms with E-state index < -0.39 is 0 Å². The third-order valence-electron chi connectivity index (χ3n) is 1.99. The second-order valence-corrected chi connectivity index (χ2v) is 3.93. The summed E-state index contributed by atoms with van der Waals surface area (Å²) >= 11 is 3.37. The second kappa shape index (κ2) is 3.98. The molecule has 1 aromatic carbocycles. The Morgan fingerprint density at radius 1 is 1.07 bits per heavy atom. The van der Waals surface area contributed by atoms with Crippen molar-refractivity contribution in [3.05, 3.63) is 46.7 Å². The summed E-state index contributed by atoms with van der Waals surface area (Å²) in [5, 5.41) is 0.